The lowest BCUT2D eigenvalue weighted by atomic mass is 10.1. The summed E-state index contributed by atoms with van der Waals surface area (Å²) in [6.45, 7) is 2.00. The average molecular weight is 351 g/mol. The fourth-order valence-electron chi connectivity index (χ4n) is 4.37. The molecule has 2 aromatic rings. The van der Waals surface area contributed by atoms with Gasteiger partial charge >= 0.3 is 0 Å². The normalized spacial score (nSPS) is 25.7. The van der Waals surface area contributed by atoms with Crippen LogP contribution in [-0.4, -0.2) is 45.8 Å². The first kappa shape index (κ1) is 17.0. The summed E-state index contributed by atoms with van der Waals surface area (Å²) in [6, 6.07) is 10.7. The van der Waals surface area contributed by atoms with E-state index in [1.165, 1.54) is 10.9 Å². The lowest BCUT2D eigenvalue weighted by molar-refractivity contribution is -0.130. The molecule has 2 heterocycles. The van der Waals surface area contributed by atoms with E-state index in [2.05, 4.69) is 39.4 Å². The number of hydrogen-bond acceptors (Lipinski definition) is 4. The Kier molecular flexibility index (Phi) is 4.89. The second-order valence-electron chi connectivity index (χ2n) is 7.52. The minimum absolute atomic E-state index is 0.0653. The van der Waals surface area contributed by atoms with Gasteiger partial charge in [0.25, 0.3) is 0 Å². The fraction of sp³-hybridized carbons (Fsp3) is 0.550. The van der Waals surface area contributed by atoms with E-state index in [4.69, 9.17) is 5.26 Å². The highest BCUT2D eigenvalue weighted by Gasteiger charge is 2.30. The van der Waals surface area contributed by atoms with Crippen LogP contribution in [0.5, 0.6) is 0 Å². The largest absolute Gasteiger partial charge is 0.326 e. The Labute approximate surface area is 153 Å². The Bertz CT molecular complexity index is 823. The van der Waals surface area contributed by atoms with E-state index in [-0.39, 0.29) is 11.9 Å². The quantitative estimate of drug-likeness (QED) is 0.897. The Morgan fingerprint density at radius 1 is 1.31 bits per heavy atom. The number of amides is 1. The van der Waals surface area contributed by atoms with Crippen molar-refractivity contribution in [3.63, 3.8) is 0 Å². The van der Waals surface area contributed by atoms with Crippen molar-refractivity contribution in [2.24, 2.45) is 5.92 Å². The molecule has 1 aliphatic carbocycles. The molecular formula is C20H25N5O. The number of hydrogen-bond donors (Lipinski definition) is 1. The first-order valence-corrected chi connectivity index (χ1v) is 9.57. The number of aromatic nitrogens is 2. The Morgan fingerprint density at radius 3 is 3.08 bits per heavy atom. The van der Waals surface area contributed by atoms with E-state index in [9.17, 15) is 4.79 Å². The number of para-hydroxylation sites is 1. The molecule has 1 saturated heterocycles. The molecule has 6 nitrogen and oxygen atoms in total. The summed E-state index contributed by atoms with van der Waals surface area (Å²) in [5.41, 5.74) is 1.19. The van der Waals surface area contributed by atoms with E-state index >= 15 is 0 Å². The number of rotatable bonds is 5. The van der Waals surface area contributed by atoms with Gasteiger partial charge in [-0.15, -0.1) is 0 Å². The third kappa shape index (κ3) is 3.45. The molecule has 1 aliphatic heterocycles. The van der Waals surface area contributed by atoms with Crippen LogP contribution in [0, 0.1) is 17.2 Å². The standard InChI is InChI=1S/C20H25N5O/c21-11-18-5-3-9-24(18)20(26)13-22-17-8-7-15(10-17)14-25-19-6-2-1-4-16(19)12-23-25/h1-2,4,6,12,15,17-18,22H,3,5,7-10,13-14H2/t15-,17+,18+/m1/s1. The van der Waals surface area contributed by atoms with Crippen LogP contribution in [0.25, 0.3) is 10.9 Å². The minimum Gasteiger partial charge on any atom is -0.326 e. The van der Waals surface area contributed by atoms with E-state index in [0.717, 1.165) is 45.2 Å². The summed E-state index contributed by atoms with van der Waals surface area (Å²) in [4.78, 5) is 14.1. The third-order valence-electron chi connectivity index (χ3n) is 5.79. The first-order chi connectivity index (χ1) is 12.7. The van der Waals surface area contributed by atoms with E-state index in [1.54, 1.807) is 4.90 Å². The molecule has 4 rings (SSSR count). The average Bonchev–Trinajstić information content (AvgIpc) is 3.40. The second-order valence-corrected chi connectivity index (χ2v) is 7.52. The van der Waals surface area contributed by atoms with Gasteiger partial charge in [-0.2, -0.15) is 10.4 Å². The van der Waals surface area contributed by atoms with Gasteiger partial charge < -0.3 is 10.2 Å². The SMILES string of the molecule is N#C[C@@H]1CCCN1C(=O)CN[C@H]1CC[C@@H](Cn2ncc3ccccc32)C1. The van der Waals surface area contributed by atoms with Crippen molar-refractivity contribution in [3.8, 4) is 6.07 Å². The number of nitriles is 1. The summed E-state index contributed by atoms with van der Waals surface area (Å²) in [6.07, 6.45) is 7.01. The van der Waals surface area contributed by atoms with Gasteiger partial charge in [-0.1, -0.05) is 18.2 Å². The van der Waals surface area contributed by atoms with Crippen LogP contribution in [0.4, 0.5) is 0 Å². The molecule has 1 aromatic carbocycles. The van der Waals surface area contributed by atoms with Crippen LogP contribution in [0.3, 0.4) is 0 Å². The van der Waals surface area contributed by atoms with Crippen molar-refractivity contribution in [2.75, 3.05) is 13.1 Å². The molecule has 136 valence electrons. The number of nitrogens with zero attached hydrogens (tertiary/aromatic N) is 4. The molecule has 0 spiro atoms. The van der Waals surface area contributed by atoms with Crippen molar-refractivity contribution in [1.82, 2.24) is 20.0 Å². The lowest BCUT2D eigenvalue weighted by Gasteiger charge is -2.21. The highest BCUT2D eigenvalue weighted by Crippen LogP contribution is 2.28. The van der Waals surface area contributed by atoms with Gasteiger partial charge in [0.15, 0.2) is 0 Å². The van der Waals surface area contributed by atoms with Crippen LogP contribution in [0.2, 0.25) is 0 Å². The van der Waals surface area contributed by atoms with E-state index in [1.807, 2.05) is 12.3 Å². The summed E-state index contributed by atoms with van der Waals surface area (Å²) in [5.74, 6) is 0.653. The van der Waals surface area contributed by atoms with E-state index < -0.39 is 0 Å². The zero-order valence-corrected chi connectivity index (χ0v) is 15.0. The summed E-state index contributed by atoms with van der Waals surface area (Å²) in [5, 5.41) is 18.3. The van der Waals surface area contributed by atoms with Gasteiger partial charge in [0.05, 0.1) is 24.3 Å². The highest BCUT2D eigenvalue weighted by atomic mass is 16.2. The topological polar surface area (TPSA) is 74.0 Å². The van der Waals surface area contributed by atoms with Gasteiger partial charge in [0.1, 0.15) is 6.04 Å². The van der Waals surface area contributed by atoms with Crippen LogP contribution < -0.4 is 5.32 Å². The van der Waals surface area contributed by atoms with Crippen LogP contribution >= 0.6 is 0 Å². The fourth-order valence-corrected chi connectivity index (χ4v) is 4.37. The van der Waals surface area contributed by atoms with Crippen molar-refractivity contribution < 1.29 is 4.79 Å². The molecule has 0 radical (unpaired) electrons. The molecule has 1 aromatic heterocycles. The number of carbonyl (C=O) groups excluding carboxylic acids is 1. The molecule has 0 bridgehead atoms. The van der Waals surface area contributed by atoms with Crippen molar-refractivity contribution in [3.05, 3.63) is 30.5 Å². The Hall–Kier alpha value is -2.39. The van der Waals surface area contributed by atoms with Gasteiger partial charge in [-0.25, -0.2) is 0 Å². The van der Waals surface area contributed by atoms with Crippen molar-refractivity contribution >= 4 is 16.8 Å². The molecule has 26 heavy (non-hydrogen) atoms. The summed E-state index contributed by atoms with van der Waals surface area (Å²) < 4.78 is 2.11. The summed E-state index contributed by atoms with van der Waals surface area (Å²) in [7, 11) is 0. The predicted octanol–water partition coefficient (Wildman–Crippen LogP) is 2.31. The van der Waals surface area contributed by atoms with Crippen LogP contribution in [0.1, 0.15) is 32.1 Å². The Balaban J connectivity index is 1.28. The smallest absolute Gasteiger partial charge is 0.237 e. The van der Waals surface area contributed by atoms with Gasteiger partial charge in [0, 0.05) is 24.5 Å². The maximum atomic E-state index is 12.4. The molecule has 1 saturated carbocycles. The molecule has 1 amide bonds. The first-order valence-electron chi connectivity index (χ1n) is 9.57. The monoisotopic (exact) mass is 351 g/mol. The number of likely N-dealkylation sites (tertiary alicyclic amines) is 1. The molecule has 2 fully saturated rings. The lowest BCUT2D eigenvalue weighted by Crippen LogP contribution is -2.42. The zero-order chi connectivity index (χ0) is 17.9. The molecular weight excluding hydrogens is 326 g/mol. The van der Waals surface area contributed by atoms with Gasteiger partial charge in [-0.05, 0) is 44.1 Å². The van der Waals surface area contributed by atoms with Gasteiger partial charge in [0.2, 0.25) is 5.91 Å². The number of benzene rings is 1. The maximum Gasteiger partial charge on any atom is 0.237 e. The highest BCUT2D eigenvalue weighted by molar-refractivity contribution is 5.79. The van der Waals surface area contributed by atoms with Crippen LogP contribution in [0.15, 0.2) is 30.5 Å². The number of fused-ring (bicyclic) bond motifs is 1. The van der Waals surface area contributed by atoms with E-state index in [0.29, 0.717) is 18.5 Å². The molecule has 2 aliphatic rings. The minimum atomic E-state index is -0.228. The molecule has 0 unspecified atom stereocenters. The van der Waals surface area contributed by atoms with Crippen LogP contribution in [-0.2, 0) is 11.3 Å². The molecule has 1 N–H and O–H groups in total. The molecule has 3 atom stereocenters. The van der Waals surface area contributed by atoms with Gasteiger partial charge in [-0.3, -0.25) is 9.48 Å². The summed E-state index contributed by atoms with van der Waals surface area (Å²) >= 11 is 0. The Morgan fingerprint density at radius 2 is 2.19 bits per heavy atom. The molecule has 6 heteroatoms. The third-order valence-corrected chi connectivity index (χ3v) is 5.79. The second kappa shape index (κ2) is 7.46. The number of carbonyl (C=O) groups is 1. The predicted molar refractivity (Wildman–Crippen MR) is 99.2 cm³/mol. The maximum absolute atomic E-state index is 12.4. The van der Waals surface area contributed by atoms with Crippen molar-refractivity contribution in [2.45, 2.75) is 50.7 Å². The number of nitrogens with one attached hydrogen (secondary N) is 1. The van der Waals surface area contributed by atoms with Crippen molar-refractivity contribution in [1.29, 1.82) is 5.26 Å². The zero-order valence-electron chi connectivity index (χ0n) is 15.0.